The molecule has 45 heavy (non-hydrogen) atoms. The van der Waals surface area contributed by atoms with Gasteiger partial charge in [0, 0.05) is 11.5 Å². The number of rotatable bonds is 5. The summed E-state index contributed by atoms with van der Waals surface area (Å²) in [4.78, 5) is 0. The van der Waals surface area contributed by atoms with E-state index < -0.39 is 0 Å². The van der Waals surface area contributed by atoms with E-state index in [1.54, 1.807) is 5.57 Å². The van der Waals surface area contributed by atoms with Gasteiger partial charge in [-0.1, -0.05) is 139 Å². The number of hydrogen-bond donors (Lipinski definition) is 0. The topological polar surface area (TPSA) is 18.5 Å². The molecule has 3 aliphatic carbocycles. The Morgan fingerprint density at radius 3 is 2.51 bits per heavy atom. The van der Waals surface area contributed by atoms with Crippen LogP contribution in [0, 0.1) is 5.92 Å². The second kappa shape index (κ2) is 13.1. The van der Waals surface area contributed by atoms with Crippen LogP contribution in [0.25, 0.3) is 29.9 Å². The highest BCUT2D eigenvalue weighted by atomic mass is 16.5. The highest BCUT2D eigenvalue weighted by Crippen LogP contribution is 2.39. The summed E-state index contributed by atoms with van der Waals surface area (Å²) in [5.41, 5.74) is 12.3. The fraction of sp³-hybridized carbons (Fsp3) is 0.209. The van der Waals surface area contributed by atoms with E-state index in [0.29, 0.717) is 31.7 Å². The van der Waals surface area contributed by atoms with Gasteiger partial charge in [-0.25, -0.2) is 0 Å². The summed E-state index contributed by atoms with van der Waals surface area (Å²) in [5.74, 6) is 1.89. The molecule has 4 aromatic carbocycles. The van der Waals surface area contributed by atoms with E-state index in [9.17, 15) is 0 Å². The van der Waals surface area contributed by atoms with Crippen LogP contribution in [0.1, 0.15) is 66.0 Å². The van der Waals surface area contributed by atoms with Gasteiger partial charge in [0.1, 0.15) is 12.4 Å². The lowest BCUT2D eigenvalue weighted by molar-refractivity contribution is 0.106. The predicted molar refractivity (Wildman–Crippen MR) is 188 cm³/mol. The van der Waals surface area contributed by atoms with Crippen molar-refractivity contribution in [3.63, 3.8) is 0 Å². The molecule has 4 aliphatic rings. The van der Waals surface area contributed by atoms with Crippen molar-refractivity contribution in [1.82, 2.24) is 0 Å². The first-order valence-electron chi connectivity index (χ1n) is 16.2. The zero-order valence-corrected chi connectivity index (χ0v) is 26.2. The molecular weight excluding hydrogens is 548 g/mol. The summed E-state index contributed by atoms with van der Waals surface area (Å²) >= 11 is 0. The standard InChI is InChI=1S/C34H32O.C9H8O/c1-23-18-26-13-16-32-31-15-12-27(20-28(31)14-17-33(32)34(26)19-24(23)2)30-11-7-6-10-29(30)22-35-21-25-8-4-3-5-9-25;1-2-6-9-8(4-1)5-3-7-10-9/h3-13,15-19,24,27H,14,20-22H2,1-2H3;1-6H,7H2. The van der Waals surface area contributed by atoms with Gasteiger partial charge >= 0.3 is 0 Å². The molecule has 2 atom stereocenters. The molecule has 0 aromatic heterocycles. The van der Waals surface area contributed by atoms with Gasteiger partial charge in [-0.05, 0) is 81.7 Å². The Labute approximate surface area is 267 Å². The van der Waals surface area contributed by atoms with Crippen LogP contribution in [0.4, 0.5) is 0 Å². The predicted octanol–water partition coefficient (Wildman–Crippen LogP) is 9.01. The van der Waals surface area contributed by atoms with Crippen molar-refractivity contribution in [2.75, 3.05) is 6.61 Å². The van der Waals surface area contributed by atoms with Crippen molar-refractivity contribution < 1.29 is 9.47 Å². The maximum Gasteiger partial charge on any atom is 0.126 e. The number of benzene rings is 4. The normalized spacial score (nSPS) is 18.8. The van der Waals surface area contributed by atoms with Gasteiger partial charge in [0.15, 0.2) is 0 Å². The first kappa shape index (κ1) is 29.1. The Balaban J connectivity index is 0.000000275. The van der Waals surface area contributed by atoms with E-state index in [4.69, 9.17) is 9.47 Å². The van der Waals surface area contributed by atoms with Crippen LogP contribution in [-0.4, -0.2) is 6.61 Å². The Morgan fingerprint density at radius 2 is 1.62 bits per heavy atom. The van der Waals surface area contributed by atoms with Crippen molar-refractivity contribution in [2.45, 2.75) is 45.8 Å². The fourth-order valence-corrected chi connectivity index (χ4v) is 6.81. The van der Waals surface area contributed by atoms with Crippen molar-refractivity contribution in [3.05, 3.63) is 164 Å². The number of hydrogen-bond acceptors (Lipinski definition) is 2. The van der Waals surface area contributed by atoms with Crippen LogP contribution in [0.3, 0.4) is 0 Å². The summed E-state index contributed by atoms with van der Waals surface area (Å²) < 4.78 is 11.4. The zero-order chi connectivity index (χ0) is 30.6. The maximum absolute atomic E-state index is 6.11. The highest BCUT2D eigenvalue weighted by Gasteiger charge is 2.23. The smallest absolute Gasteiger partial charge is 0.126 e. The summed E-state index contributed by atoms with van der Waals surface area (Å²) in [7, 11) is 0. The van der Waals surface area contributed by atoms with Gasteiger partial charge in [0.2, 0.25) is 0 Å². The lowest BCUT2D eigenvalue weighted by Gasteiger charge is -2.27. The summed E-state index contributed by atoms with van der Waals surface area (Å²) in [6, 6.07) is 31.9. The minimum atomic E-state index is 0.398. The van der Waals surface area contributed by atoms with Crippen LogP contribution in [-0.2, 0) is 18.0 Å². The highest BCUT2D eigenvalue weighted by molar-refractivity contribution is 5.83. The van der Waals surface area contributed by atoms with E-state index in [1.807, 2.05) is 36.4 Å². The lowest BCUT2D eigenvalue weighted by Crippen LogP contribution is -2.35. The Morgan fingerprint density at radius 1 is 0.800 bits per heavy atom. The zero-order valence-electron chi connectivity index (χ0n) is 26.2. The minimum absolute atomic E-state index is 0.398. The van der Waals surface area contributed by atoms with Crippen LogP contribution in [0.2, 0.25) is 0 Å². The molecule has 4 aromatic rings. The first-order chi connectivity index (χ1) is 22.1. The molecule has 0 bridgehead atoms. The van der Waals surface area contributed by atoms with E-state index in [2.05, 4.69) is 111 Å². The molecule has 0 amide bonds. The average Bonchev–Trinajstić information content (AvgIpc) is 3.09. The molecule has 2 nitrogen and oxygen atoms in total. The molecule has 1 aliphatic heterocycles. The summed E-state index contributed by atoms with van der Waals surface area (Å²) in [5, 5.41) is 2.85. The second-order valence-electron chi connectivity index (χ2n) is 12.4. The Kier molecular flexibility index (Phi) is 8.49. The minimum Gasteiger partial charge on any atom is -0.489 e. The molecule has 0 fully saturated rings. The van der Waals surface area contributed by atoms with E-state index in [1.165, 1.54) is 55.0 Å². The molecule has 2 heteroatoms. The maximum atomic E-state index is 6.11. The number of ether oxygens (including phenoxy) is 2. The van der Waals surface area contributed by atoms with Crippen molar-refractivity contribution in [3.8, 4) is 5.75 Å². The molecule has 0 spiro atoms. The molecule has 0 saturated heterocycles. The van der Waals surface area contributed by atoms with Gasteiger partial charge in [-0.3, -0.25) is 0 Å². The average molecular weight is 589 g/mol. The molecule has 224 valence electrons. The molecule has 0 radical (unpaired) electrons. The van der Waals surface area contributed by atoms with Crippen molar-refractivity contribution >= 4 is 29.9 Å². The quantitative estimate of drug-likeness (QED) is 0.232. The van der Waals surface area contributed by atoms with Crippen LogP contribution < -0.4 is 15.2 Å². The Hall–Kier alpha value is -4.66. The third-order valence-corrected chi connectivity index (χ3v) is 9.40. The third-order valence-electron chi connectivity index (χ3n) is 9.40. The molecule has 2 unspecified atom stereocenters. The van der Waals surface area contributed by atoms with Gasteiger partial charge in [0.05, 0.1) is 13.2 Å². The Bertz CT molecular complexity index is 1950. The number of allylic oxidation sites excluding steroid dienone is 5. The fourth-order valence-electron chi connectivity index (χ4n) is 6.81. The summed E-state index contributed by atoms with van der Waals surface area (Å²) in [6.45, 7) is 6.53. The first-order valence-corrected chi connectivity index (χ1v) is 16.2. The molecule has 1 heterocycles. The van der Waals surface area contributed by atoms with Gasteiger partial charge in [0.25, 0.3) is 0 Å². The molecular formula is C43H40O2. The largest absolute Gasteiger partial charge is 0.489 e. The van der Waals surface area contributed by atoms with Gasteiger partial charge < -0.3 is 9.47 Å². The van der Waals surface area contributed by atoms with Crippen LogP contribution >= 0.6 is 0 Å². The van der Waals surface area contributed by atoms with Crippen LogP contribution in [0.15, 0.2) is 120 Å². The third kappa shape index (κ3) is 6.30. The monoisotopic (exact) mass is 588 g/mol. The molecule has 0 saturated carbocycles. The second-order valence-corrected chi connectivity index (χ2v) is 12.4. The van der Waals surface area contributed by atoms with Gasteiger partial charge in [-0.2, -0.15) is 0 Å². The van der Waals surface area contributed by atoms with Crippen LogP contribution in [0.5, 0.6) is 5.75 Å². The van der Waals surface area contributed by atoms with E-state index in [0.717, 1.165) is 18.6 Å². The van der Waals surface area contributed by atoms with E-state index in [-0.39, 0.29) is 0 Å². The summed E-state index contributed by atoms with van der Waals surface area (Å²) in [6.07, 6.45) is 18.3. The van der Waals surface area contributed by atoms with E-state index >= 15 is 0 Å². The molecule has 0 N–H and O–H groups in total. The lowest BCUT2D eigenvalue weighted by atomic mass is 9.77. The number of para-hydroxylation sites is 1. The number of fused-ring (bicyclic) bond motifs is 5. The van der Waals surface area contributed by atoms with Gasteiger partial charge in [-0.15, -0.1) is 0 Å². The van der Waals surface area contributed by atoms with Crippen molar-refractivity contribution in [1.29, 1.82) is 0 Å². The molecule has 8 rings (SSSR count). The van der Waals surface area contributed by atoms with Crippen molar-refractivity contribution in [2.24, 2.45) is 5.92 Å². The SMILES string of the molecule is C1=Cc2ccccc2OC1.CC1=Cc2ccc3c(c2=CC1C)=CCC1=C3C=CC(c2ccccc2COCc2ccccc2)C1.